The molecule has 0 aliphatic rings. The summed E-state index contributed by atoms with van der Waals surface area (Å²) in [5, 5.41) is 11.2. The number of methoxy groups -OCH3 is 1. The molecule has 0 bridgehead atoms. The van der Waals surface area contributed by atoms with Crippen LogP contribution in [-0.4, -0.2) is 17.8 Å². The van der Waals surface area contributed by atoms with Crippen molar-refractivity contribution in [3.05, 3.63) is 70.5 Å². The molecule has 2 aromatic rings. The first-order valence-corrected chi connectivity index (χ1v) is 9.68. The van der Waals surface area contributed by atoms with Crippen LogP contribution in [0.5, 0.6) is 5.75 Å². The summed E-state index contributed by atoms with van der Waals surface area (Å²) in [6.07, 6.45) is 1.75. The van der Waals surface area contributed by atoms with Crippen LogP contribution < -0.4 is 10.1 Å². The number of hydrogen-bond acceptors (Lipinski definition) is 3. The first kappa shape index (κ1) is 23.5. The number of halogens is 1. The fraction of sp³-hybridized carbons (Fsp3) is 0.304. The van der Waals surface area contributed by atoms with Gasteiger partial charge in [0.2, 0.25) is 0 Å². The number of rotatable bonds is 6. The van der Waals surface area contributed by atoms with Gasteiger partial charge in [-0.3, -0.25) is 0 Å². The van der Waals surface area contributed by atoms with Gasteiger partial charge in [0.05, 0.1) is 12.1 Å². The summed E-state index contributed by atoms with van der Waals surface area (Å²) in [7, 11) is 1.66. The van der Waals surface area contributed by atoms with Gasteiger partial charge in [0.25, 0.3) is 0 Å². The predicted octanol–water partition coefficient (Wildman–Crippen LogP) is 6.02. The summed E-state index contributed by atoms with van der Waals surface area (Å²) in [5.41, 5.74) is 5.17. The van der Waals surface area contributed by atoms with Crippen molar-refractivity contribution in [1.82, 2.24) is 5.32 Å². The number of hydrogen-bond donors (Lipinski definition) is 2. The highest BCUT2D eigenvalue weighted by Crippen LogP contribution is 2.24. The van der Waals surface area contributed by atoms with Gasteiger partial charge in [0, 0.05) is 17.8 Å². The molecule has 0 aliphatic heterocycles. The molecule has 0 aliphatic carbocycles. The summed E-state index contributed by atoms with van der Waals surface area (Å²) in [6, 6.07) is 10.0. The highest BCUT2D eigenvalue weighted by molar-refractivity contribution is 7.80. The summed E-state index contributed by atoms with van der Waals surface area (Å²) in [4.78, 5) is 0.526. The van der Waals surface area contributed by atoms with Gasteiger partial charge in [-0.2, -0.15) is 0 Å². The van der Waals surface area contributed by atoms with E-state index < -0.39 is 0 Å². The van der Waals surface area contributed by atoms with E-state index in [1.54, 1.807) is 32.2 Å². The van der Waals surface area contributed by atoms with Crippen LogP contribution in [0.4, 0.5) is 4.39 Å². The number of benzene rings is 2. The Hall–Kier alpha value is -2.53. The van der Waals surface area contributed by atoms with Crippen LogP contribution in [0.3, 0.4) is 0 Å². The molecule has 2 N–H and O–H groups in total. The van der Waals surface area contributed by atoms with Crippen LogP contribution in [0.2, 0.25) is 0 Å². The first-order chi connectivity index (χ1) is 13.3. The lowest BCUT2D eigenvalue weighted by molar-refractivity contribution is 0.411. The fourth-order valence-electron chi connectivity index (χ4n) is 2.76. The summed E-state index contributed by atoms with van der Waals surface area (Å²) >= 11 is 5.43. The molecule has 0 aromatic heterocycles. The van der Waals surface area contributed by atoms with Gasteiger partial charge in [0.15, 0.2) is 0 Å². The molecule has 3 nitrogen and oxygen atoms in total. The Balaban J connectivity index is 0.00000190. The Bertz CT molecular complexity index is 858. The van der Waals surface area contributed by atoms with E-state index >= 15 is 0 Å². The van der Waals surface area contributed by atoms with Gasteiger partial charge in [-0.05, 0) is 67.3 Å². The second-order valence-electron chi connectivity index (χ2n) is 6.10. The van der Waals surface area contributed by atoms with E-state index in [1.807, 2.05) is 39.8 Å². The summed E-state index contributed by atoms with van der Waals surface area (Å²) in [5.74, 6) is 0.539. The Morgan fingerprint density at radius 1 is 1.14 bits per heavy atom. The highest BCUT2D eigenvalue weighted by Gasteiger charge is 2.10. The van der Waals surface area contributed by atoms with E-state index in [0.29, 0.717) is 22.8 Å². The van der Waals surface area contributed by atoms with Crippen molar-refractivity contribution in [2.24, 2.45) is 0 Å². The molecule has 2 aromatic carbocycles. The van der Waals surface area contributed by atoms with Crippen molar-refractivity contribution in [2.45, 2.75) is 41.2 Å². The van der Waals surface area contributed by atoms with Crippen LogP contribution in [-0.2, 0) is 6.54 Å². The van der Waals surface area contributed by atoms with Crippen molar-refractivity contribution in [1.29, 1.82) is 5.41 Å². The molecule has 0 fully saturated rings. The van der Waals surface area contributed by atoms with E-state index in [-0.39, 0.29) is 5.82 Å². The molecule has 0 unspecified atom stereocenters. The third-order valence-corrected chi connectivity index (χ3v) is 4.54. The van der Waals surface area contributed by atoms with Gasteiger partial charge in [-0.1, -0.05) is 44.3 Å². The van der Waals surface area contributed by atoms with Gasteiger partial charge < -0.3 is 15.5 Å². The largest absolute Gasteiger partial charge is 0.496 e. The fourth-order valence-corrected chi connectivity index (χ4v) is 2.95. The minimum atomic E-state index is -0.305. The van der Waals surface area contributed by atoms with Crippen molar-refractivity contribution in [3.63, 3.8) is 0 Å². The van der Waals surface area contributed by atoms with Crippen molar-refractivity contribution in [3.8, 4) is 5.75 Å². The maximum Gasteiger partial charge on any atom is 0.123 e. The molecule has 150 valence electrons. The molecular formula is C23H29FN2OS. The van der Waals surface area contributed by atoms with E-state index in [2.05, 4.69) is 5.32 Å². The SMILES string of the molecule is CC.COc1ccc(C)c(CNC(=S)/C=C(\C(C)=N)c2ccc(F)cc2)c1C. The predicted molar refractivity (Wildman–Crippen MR) is 121 cm³/mol. The minimum Gasteiger partial charge on any atom is -0.496 e. The molecule has 28 heavy (non-hydrogen) atoms. The smallest absolute Gasteiger partial charge is 0.123 e. The Kier molecular flexibility index (Phi) is 9.52. The molecule has 0 atom stereocenters. The minimum absolute atomic E-state index is 0.305. The number of thiocarbonyl (C=S) groups is 1. The standard InChI is InChI=1S/C21H23FN2OS.C2H6/c1-13-5-10-20(25-4)14(2)19(13)12-24-21(26)11-18(15(3)23)16-6-8-17(22)9-7-16;1-2/h5-11,23H,12H2,1-4H3,(H,24,26);1-2H3/b18-11+,23-15?;. The third kappa shape index (κ3) is 6.27. The molecular weight excluding hydrogens is 371 g/mol. The summed E-state index contributed by atoms with van der Waals surface area (Å²) < 4.78 is 18.5. The van der Waals surface area contributed by atoms with Crippen LogP contribution >= 0.6 is 12.2 Å². The second kappa shape index (κ2) is 11.3. The molecule has 0 spiro atoms. The van der Waals surface area contributed by atoms with Crippen LogP contribution in [0, 0.1) is 25.1 Å². The highest BCUT2D eigenvalue weighted by atomic mass is 32.1. The average Bonchev–Trinajstić information content (AvgIpc) is 2.68. The zero-order valence-electron chi connectivity index (χ0n) is 17.4. The van der Waals surface area contributed by atoms with Crippen LogP contribution in [0.25, 0.3) is 5.57 Å². The lowest BCUT2D eigenvalue weighted by Gasteiger charge is -2.15. The zero-order chi connectivity index (χ0) is 21.3. The lowest BCUT2D eigenvalue weighted by atomic mass is 10.0. The molecule has 2 rings (SSSR count). The second-order valence-corrected chi connectivity index (χ2v) is 6.54. The van der Waals surface area contributed by atoms with Gasteiger partial charge in [-0.25, -0.2) is 4.39 Å². The van der Waals surface area contributed by atoms with E-state index in [0.717, 1.165) is 28.0 Å². The van der Waals surface area contributed by atoms with E-state index in [1.165, 1.54) is 12.1 Å². The van der Waals surface area contributed by atoms with Crippen LogP contribution in [0.1, 0.15) is 43.0 Å². The number of aryl methyl sites for hydroxylation is 1. The van der Waals surface area contributed by atoms with Crippen molar-refractivity contribution in [2.75, 3.05) is 7.11 Å². The number of ether oxygens (including phenoxy) is 1. The normalized spacial score (nSPS) is 10.6. The van der Waals surface area contributed by atoms with Gasteiger partial charge >= 0.3 is 0 Å². The summed E-state index contributed by atoms with van der Waals surface area (Å²) in [6.45, 7) is 10.3. The average molecular weight is 401 g/mol. The third-order valence-electron chi connectivity index (χ3n) is 4.28. The number of allylic oxidation sites excluding steroid dienone is 1. The molecule has 0 radical (unpaired) electrons. The first-order valence-electron chi connectivity index (χ1n) is 9.27. The topological polar surface area (TPSA) is 45.1 Å². The maximum absolute atomic E-state index is 13.1. The van der Waals surface area contributed by atoms with E-state index in [4.69, 9.17) is 22.4 Å². The Morgan fingerprint density at radius 2 is 1.75 bits per heavy atom. The van der Waals surface area contributed by atoms with Crippen molar-refractivity contribution < 1.29 is 9.13 Å². The maximum atomic E-state index is 13.1. The van der Waals surface area contributed by atoms with Crippen molar-refractivity contribution >= 4 is 28.5 Å². The zero-order valence-corrected chi connectivity index (χ0v) is 18.3. The molecule has 5 heteroatoms. The van der Waals surface area contributed by atoms with E-state index in [9.17, 15) is 4.39 Å². The lowest BCUT2D eigenvalue weighted by Crippen LogP contribution is -2.21. The molecule has 0 saturated heterocycles. The Labute approximate surface area is 173 Å². The van der Waals surface area contributed by atoms with Gasteiger partial charge in [0.1, 0.15) is 11.6 Å². The monoisotopic (exact) mass is 400 g/mol. The molecule has 0 heterocycles. The number of nitrogens with one attached hydrogen (secondary N) is 2. The molecule has 0 saturated carbocycles. The molecule has 0 amide bonds. The quantitative estimate of drug-likeness (QED) is 0.354. The van der Waals surface area contributed by atoms with Gasteiger partial charge in [-0.15, -0.1) is 0 Å². The Morgan fingerprint density at radius 3 is 2.29 bits per heavy atom. The van der Waals surface area contributed by atoms with Crippen LogP contribution in [0.15, 0.2) is 42.5 Å².